The average molecular weight is 220 g/mol. The fourth-order valence-electron chi connectivity index (χ4n) is 1.80. The average Bonchev–Trinajstić information content (AvgIpc) is 2.55. The molecular formula is C12H6F2S. The lowest BCUT2D eigenvalue weighted by Crippen LogP contribution is -1.76. The first-order chi connectivity index (χ1) is 7.27. The van der Waals surface area contributed by atoms with Gasteiger partial charge in [-0.25, -0.2) is 4.39 Å². The van der Waals surface area contributed by atoms with Crippen LogP contribution < -0.4 is 0 Å². The molecule has 1 heterocycles. The Balaban J connectivity index is 2.63. The highest BCUT2D eigenvalue weighted by Gasteiger charge is 2.13. The van der Waals surface area contributed by atoms with Gasteiger partial charge in [-0.15, -0.1) is 11.3 Å². The van der Waals surface area contributed by atoms with Crippen molar-refractivity contribution in [3.63, 3.8) is 0 Å². The van der Waals surface area contributed by atoms with Crippen LogP contribution in [0.5, 0.6) is 0 Å². The molecule has 0 aliphatic rings. The number of hydrogen-bond acceptors (Lipinski definition) is 1. The fraction of sp³-hybridized carbons (Fsp3) is 0. The Morgan fingerprint density at radius 2 is 1.73 bits per heavy atom. The largest absolute Gasteiger partial charge is 0.213 e. The van der Waals surface area contributed by atoms with Gasteiger partial charge in [0.25, 0.3) is 0 Å². The minimum atomic E-state index is -0.735. The van der Waals surface area contributed by atoms with Gasteiger partial charge < -0.3 is 0 Å². The normalized spacial score (nSPS) is 11.3. The van der Waals surface area contributed by atoms with E-state index in [1.807, 2.05) is 30.3 Å². The van der Waals surface area contributed by atoms with Crippen LogP contribution in [-0.4, -0.2) is 0 Å². The third-order valence-corrected chi connectivity index (χ3v) is 3.40. The van der Waals surface area contributed by atoms with Crippen molar-refractivity contribution in [2.45, 2.75) is 0 Å². The second-order valence-electron chi connectivity index (χ2n) is 3.35. The summed E-state index contributed by atoms with van der Waals surface area (Å²) in [6.07, 6.45) is 0. The summed E-state index contributed by atoms with van der Waals surface area (Å²) in [4.78, 5) is 0. The van der Waals surface area contributed by atoms with Gasteiger partial charge in [0.05, 0.1) is 0 Å². The van der Waals surface area contributed by atoms with Gasteiger partial charge in [-0.05, 0) is 16.8 Å². The van der Waals surface area contributed by atoms with Gasteiger partial charge in [-0.3, -0.25) is 0 Å². The van der Waals surface area contributed by atoms with E-state index in [0.717, 1.165) is 22.1 Å². The zero-order valence-corrected chi connectivity index (χ0v) is 8.44. The van der Waals surface area contributed by atoms with E-state index < -0.39 is 10.9 Å². The number of benzene rings is 2. The van der Waals surface area contributed by atoms with Crippen LogP contribution in [0.3, 0.4) is 0 Å². The van der Waals surface area contributed by atoms with Crippen molar-refractivity contribution >= 4 is 32.2 Å². The first-order valence-corrected chi connectivity index (χ1v) is 5.34. The van der Waals surface area contributed by atoms with Crippen LogP contribution in [0.25, 0.3) is 20.9 Å². The van der Waals surface area contributed by atoms with Gasteiger partial charge in [0.2, 0.25) is 5.13 Å². The van der Waals surface area contributed by atoms with Crippen molar-refractivity contribution in [2.24, 2.45) is 0 Å². The number of fused-ring (bicyclic) bond motifs is 3. The zero-order chi connectivity index (χ0) is 10.4. The highest BCUT2D eigenvalue weighted by Crippen LogP contribution is 2.34. The molecule has 0 saturated heterocycles. The standard InChI is InChI=1S/C12H6F2S/c13-11-10-8-4-2-1-3-7(8)5-6-9(10)15-12(11)14/h1-6H. The minimum absolute atomic E-state index is 0.399. The molecule has 0 atom stereocenters. The summed E-state index contributed by atoms with van der Waals surface area (Å²) in [5.74, 6) is -0.730. The molecule has 0 nitrogen and oxygen atoms in total. The van der Waals surface area contributed by atoms with Crippen LogP contribution in [0.4, 0.5) is 8.78 Å². The number of halogens is 2. The van der Waals surface area contributed by atoms with Gasteiger partial charge in [-0.1, -0.05) is 30.3 Å². The quantitative estimate of drug-likeness (QED) is 0.529. The van der Waals surface area contributed by atoms with Gasteiger partial charge in [0, 0.05) is 10.1 Å². The molecule has 0 amide bonds. The SMILES string of the molecule is Fc1sc2ccc3ccccc3c2c1F. The highest BCUT2D eigenvalue weighted by atomic mass is 32.1. The molecule has 3 aromatic rings. The molecule has 15 heavy (non-hydrogen) atoms. The summed E-state index contributed by atoms with van der Waals surface area (Å²) in [5.41, 5.74) is 0. The summed E-state index contributed by atoms with van der Waals surface area (Å²) in [6.45, 7) is 0. The Kier molecular flexibility index (Phi) is 1.76. The molecule has 0 bridgehead atoms. The molecule has 2 aromatic carbocycles. The van der Waals surface area contributed by atoms with Crippen LogP contribution in [0.1, 0.15) is 0 Å². The molecule has 0 N–H and O–H groups in total. The van der Waals surface area contributed by atoms with Crippen molar-refractivity contribution in [3.8, 4) is 0 Å². The maximum atomic E-state index is 13.5. The van der Waals surface area contributed by atoms with E-state index >= 15 is 0 Å². The zero-order valence-electron chi connectivity index (χ0n) is 7.63. The third-order valence-electron chi connectivity index (χ3n) is 2.48. The van der Waals surface area contributed by atoms with E-state index in [1.54, 1.807) is 6.07 Å². The Bertz CT molecular complexity index is 655. The molecule has 1 aromatic heterocycles. The third kappa shape index (κ3) is 1.16. The van der Waals surface area contributed by atoms with E-state index in [0.29, 0.717) is 10.1 Å². The van der Waals surface area contributed by atoms with E-state index in [2.05, 4.69) is 0 Å². The van der Waals surface area contributed by atoms with Crippen molar-refractivity contribution in [1.29, 1.82) is 0 Å². The van der Waals surface area contributed by atoms with Gasteiger partial charge in [0.15, 0.2) is 5.82 Å². The monoisotopic (exact) mass is 220 g/mol. The van der Waals surface area contributed by atoms with Crippen molar-refractivity contribution in [3.05, 3.63) is 47.3 Å². The van der Waals surface area contributed by atoms with Gasteiger partial charge in [0.1, 0.15) is 0 Å². The van der Waals surface area contributed by atoms with E-state index in [-0.39, 0.29) is 0 Å². The lowest BCUT2D eigenvalue weighted by Gasteiger charge is -1.98. The molecule has 0 radical (unpaired) electrons. The maximum Gasteiger partial charge on any atom is 0.213 e. The molecule has 3 heteroatoms. The van der Waals surface area contributed by atoms with Crippen molar-refractivity contribution in [1.82, 2.24) is 0 Å². The maximum absolute atomic E-state index is 13.5. The van der Waals surface area contributed by atoms with Crippen molar-refractivity contribution in [2.75, 3.05) is 0 Å². The summed E-state index contributed by atoms with van der Waals surface area (Å²) in [7, 11) is 0. The Labute approximate surface area is 88.8 Å². The van der Waals surface area contributed by atoms with Crippen molar-refractivity contribution < 1.29 is 8.78 Å². The smallest absolute Gasteiger partial charge is 0.202 e. The highest BCUT2D eigenvalue weighted by molar-refractivity contribution is 7.17. The molecule has 3 rings (SSSR count). The molecule has 0 aliphatic carbocycles. The van der Waals surface area contributed by atoms with E-state index in [1.165, 1.54) is 0 Å². The Morgan fingerprint density at radius 3 is 2.60 bits per heavy atom. The first kappa shape index (κ1) is 8.80. The van der Waals surface area contributed by atoms with E-state index in [4.69, 9.17) is 0 Å². The topological polar surface area (TPSA) is 0 Å². The molecule has 0 aliphatic heterocycles. The molecule has 0 spiro atoms. The van der Waals surface area contributed by atoms with Gasteiger partial charge >= 0.3 is 0 Å². The lowest BCUT2D eigenvalue weighted by atomic mass is 10.1. The molecule has 0 unspecified atom stereocenters. The number of rotatable bonds is 0. The second-order valence-corrected chi connectivity index (χ2v) is 4.35. The number of thiophene rings is 1. The Hall–Kier alpha value is -1.48. The molecule has 0 fully saturated rings. The molecule has 74 valence electrons. The summed E-state index contributed by atoms with van der Waals surface area (Å²) < 4.78 is 27.3. The molecule has 0 saturated carbocycles. The summed E-state index contributed by atoms with van der Waals surface area (Å²) in [6, 6.07) is 11.1. The summed E-state index contributed by atoms with van der Waals surface area (Å²) >= 11 is 0.852. The van der Waals surface area contributed by atoms with Crippen LogP contribution in [0.2, 0.25) is 0 Å². The van der Waals surface area contributed by atoms with Gasteiger partial charge in [-0.2, -0.15) is 4.39 Å². The minimum Gasteiger partial charge on any atom is -0.202 e. The predicted molar refractivity (Wildman–Crippen MR) is 59.2 cm³/mol. The number of hydrogen-bond donors (Lipinski definition) is 0. The predicted octanol–water partition coefficient (Wildman–Crippen LogP) is 4.33. The van der Waals surface area contributed by atoms with Crippen LogP contribution >= 0.6 is 11.3 Å². The molecular weight excluding hydrogens is 214 g/mol. The fourth-order valence-corrected chi connectivity index (χ4v) is 2.63. The summed E-state index contributed by atoms with van der Waals surface area (Å²) in [5, 5.41) is 1.37. The second kappa shape index (κ2) is 3.00. The van der Waals surface area contributed by atoms with Crippen LogP contribution in [0, 0.1) is 10.9 Å². The lowest BCUT2D eigenvalue weighted by molar-refractivity contribution is 0.538. The first-order valence-electron chi connectivity index (χ1n) is 4.52. The van der Waals surface area contributed by atoms with Crippen LogP contribution in [-0.2, 0) is 0 Å². The van der Waals surface area contributed by atoms with E-state index in [9.17, 15) is 8.78 Å². The van der Waals surface area contributed by atoms with Crippen LogP contribution in [0.15, 0.2) is 36.4 Å². The Morgan fingerprint density at radius 1 is 0.933 bits per heavy atom.